The molecule has 0 spiro atoms. The van der Waals surface area contributed by atoms with Gasteiger partial charge in [-0.3, -0.25) is 4.79 Å². The lowest BCUT2D eigenvalue weighted by Gasteiger charge is -2.22. The van der Waals surface area contributed by atoms with Gasteiger partial charge in [-0.05, 0) is 31.9 Å². The number of rotatable bonds is 5. The fraction of sp³-hybridized carbons (Fsp3) is 0.625. The third kappa shape index (κ3) is 4.17. The van der Waals surface area contributed by atoms with E-state index >= 15 is 0 Å². The lowest BCUT2D eigenvalue weighted by Crippen LogP contribution is -2.33. The minimum atomic E-state index is -0.0681. The van der Waals surface area contributed by atoms with Crippen LogP contribution in [0.25, 0.3) is 0 Å². The third-order valence-electron chi connectivity index (χ3n) is 3.96. The predicted octanol–water partition coefficient (Wildman–Crippen LogP) is 1.92. The molecule has 0 atom stereocenters. The fourth-order valence-electron chi connectivity index (χ4n) is 2.71. The van der Waals surface area contributed by atoms with Crippen LogP contribution in [0.3, 0.4) is 0 Å². The number of carbonyl (C=O) groups excluding carboxylic acids is 1. The predicted molar refractivity (Wildman–Crippen MR) is 83.6 cm³/mol. The standard InChI is InChI=1S/C16H25N3O2/c1-2-18(11-12-20)16(21)14-7-8-15(17-13-14)19-9-5-3-4-6-10-19/h7-8,13,20H,2-6,9-12H2,1H3. The highest BCUT2D eigenvalue weighted by molar-refractivity contribution is 5.94. The van der Waals surface area contributed by atoms with E-state index in [1.165, 1.54) is 25.7 Å². The van der Waals surface area contributed by atoms with Gasteiger partial charge in [0.1, 0.15) is 5.82 Å². The molecule has 1 aromatic rings. The summed E-state index contributed by atoms with van der Waals surface area (Å²) in [7, 11) is 0. The summed E-state index contributed by atoms with van der Waals surface area (Å²) >= 11 is 0. The van der Waals surface area contributed by atoms with Crippen molar-refractivity contribution in [1.29, 1.82) is 0 Å². The van der Waals surface area contributed by atoms with Crippen molar-refractivity contribution in [2.45, 2.75) is 32.6 Å². The van der Waals surface area contributed by atoms with Crippen molar-refractivity contribution >= 4 is 11.7 Å². The maximum atomic E-state index is 12.3. The highest BCUT2D eigenvalue weighted by Crippen LogP contribution is 2.17. The van der Waals surface area contributed by atoms with Crippen LogP contribution in [0.1, 0.15) is 43.0 Å². The number of nitrogens with zero attached hydrogens (tertiary/aromatic N) is 3. The van der Waals surface area contributed by atoms with E-state index in [0.29, 0.717) is 18.7 Å². The molecule has 0 unspecified atom stereocenters. The lowest BCUT2D eigenvalue weighted by atomic mass is 10.2. The van der Waals surface area contributed by atoms with E-state index in [1.54, 1.807) is 11.1 Å². The Bertz CT molecular complexity index is 439. The van der Waals surface area contributed by atoms with Gasteiger partial charge >= 0.3 is 0 Å². The van der Waals surface area contributed by atoms with Crippen LogP contribution in [0.2, 0.25) is 0 Å². The van der Waals surface area contributed by atoms with Gasteiger partial charge in [0.15, 0.2) is 0 Å². The summed E-state index contributed by atoms with van der Waals surface area (Å²) in [4.78, 5) is 20.7. The van der Waals surface area contributed by atoms with Crippen molar-refractivity contribution in [2.24, 2.45) is 0 Å². The number of pyridine rings is 1. The van der Waals surface area contributed by atoms with Crippen LogP contribution in [0.5, 0.6) is 0 Å². The molecule has 1 amide bonds. The number of aliphatic hydroxyl groups is 1. The van der Waals surface area contributed by atoms with Crippen LogP contribution in [-0.2, 0) is 0 Å². The number of likely N-dealkylation sites (N-methyl/N-ethyl adjacent to an activating group) is 1. The molecule has 21 heavy (non-hydrogen) atoms. The number of anilines is 1. The summed E-state index contributed by atoms with van der Waals surface area (Å²) in [6.45, 7) is 4.94. The van der Waals surface area contributed by atoms with Crippen molar-refractivity contribution in [2.75, 3.05) is 37.7 Å². The van der Waals surface area contributed by atoms with E-state index in [4.69, 9.17) is 5.11 Å². The molecule has 0 aliphatic carbocycles. The molecule has 1 saturated heterocycles. The van der Waals surface area contributed by atoms with Gasteiger partial charge in [-0.1, -0.05) is 12.8 Å². The van der Waals surface area contributed by atoms with E-state index in [2.05, 4.69) is 9.88 Å². The molecular weight excluding hydrogens is 266 g/mol. The molecule has 1 fully saturated rings. The largest absolute Gasteiger partial charge is 0.395 e. The van der Waals surface area contributed by atoms with Crippen molar-refractivity contribution in [3.63, 3.8) is 0 Å². The van der Waals surface area contributed by atoms with E-state index in [-0.39, 0.29) is 12.5 Å². The van der Waals surface area contributed by atoms with E-state index in [1.807, 2.05) is 19.1 Å². The average molecular weight is 291 g/mol. The monoisotopic (exact) mass is 291 g/mol. The Labute approximate surface area is 126 Å². The van der Waals surface area contributed by atoms with Gasteiger partial charge in [0, 0.05) is 32.4 Å². The molecule has 1 aliphatic heterocycles. The Hall–Kier alpha value is -1.62. The van der Waals surface area contributed by atoms with Gasteiger partial charge < -0.3 is 14.9 Å². The molecule has 0 bridgehead atoms. The maximum absolute atomic E-state index is 12.3. The number of aromatic nitrogens is 1. The van der Waals surface area contributed by atoms with Crippen LogP contribution >= 0.6 is 0 Å². The minimum absolute atomic E-state index is 0.0150. The molecule has 5 heteroatoms. The van der Waals surface area contributed by atoms with E-state index in [0.717, 1.165) is 18.9 Å². The van der Waals surface area contributed by atoms with E-state index < -0.39 is 0 Å². The molecule has 2 rings (SSSR count). The highest BCUT2D eigenvalue weighted by atomic mass is 16.3. The molecule has 1 aromatic heterocycles. The number of aliphatic hydroxyl groups excluding tert-OH is 1. The van der Waals surface area contributed by atoms with Gasteiger partial charge in [-0.2, -0.15) is 0 Å². The van der Waals surface area contributed by atoms with Crippen molar-refractivity contribution in [1.82, 2.24) is 9.88 Å². The third-order valence-corrected chi connectivity index (χ3v) is 3.96. The zero-order valence-electron chi connectivity index (χ0n) is 12.8. The Morgan fingerprint density at radius 1 is 1.29 bits per heavy atom. The molecular formula is C16H25N3O2. The van der Waals surface area contributed by atoms with Crippen molar-refractivity contribution in [3.8, 4) is 0 Å². The topological polar surface area (TPSA) is 56.7 Å². The molecule has 0 aromatic carbocycles. The summed E-state index contributed by atoms with van der Waals surface area (Å²) in [5, 5.41) is 8.99. The van der Waals surface area contributed by atoms with E-state index in [9.17, 15) is 4.79 Å². The quantitative estimate of drug-likeness (QED) is 0.900. The Kier molecular flexibility index (Phi) is 5.99. The van der Waals surface area contributed by atoms with Crippen LogP contribution < -0.4 is 4.90 Å². The van der Waals surface area contributed by atoms with Gasteiger partial charge in [0.2, 0.25) is 0 Å². The molecule has 0 radical (unpaired) electrons. The van der Waals surface area contributed by atoms with Gasteiger partial charge in [-0.15, -0.1) is 0 Å². The Morgan fingerprint density at radius 3 is 2.52 bits per heavy atom. The molecule has 0 saturated carbocycles. The van der Waals surface area contributed by atoms with Gasteiger partial charge in [0.25, 0.3) is 5.91 Å². The number of hydrogen-bond donors (Lipinski definition) is 1. The summed E-state index contributed by atoms with van der Waals surface area (Å²) in [5.41, 5.74) is 0.587. The first kappa shape index (κ1) is 15.8. The second kappa shape index (κ2) is 7.98. The van der Waals surface area contributed by atoms with Crippen LogP contribution in [-0.4, -0.2) is 53.7 Å². The summed E-state index contributed by atoms with van der Waals surface area (Å²) in [6, 6.07) is 3.78. The zero-order valence-corrected chi connectivity index (χ0v) is 12.8. The van der Waals surface area contributed by atoms with Crippen molar-refractivity contribution in [3.05, 3.63) is 23.9 Å². The van der Waals surface area contributed by atoms with Crippen LogP contribution in [0.4, 0.5) is 5.82 Å². The summed E-state index contributed by atoms with van der Waals surface area (Å²) in [5.74, 6) is 0.889. The van der Waals surface area contributed by atoms with Crippen LogP contribution in [0.15, 0.2) is 18.3 Å². The highest BCUT2D eigenvalue weighted by Gasteiger charge is 2.15. The normalized spacial score (nSPS) is 15.6. The number of carbonyl (C=O) groups is 1. The van der Waals surface area contributed by atoms with Gasteiger partial charge in [-0.25, -0.2) is 4.98 Å². The first-order valence-electron chi connectivity index (χ1n) is 7.87. The second-order valence-corrected chi connectivity index (χ2v) is 5.41. The molecule has 1 aliphatic rings. The SMILES string of the molecule is CCN(CCO)C(=O)c1ccc(N2CCCCCC2)nc1. The van der Waals surface area contributed by atoms with Gasteiger partial charge in [0.05, 0.1) is 12.2 Å². The Balaban J connectivity index is 2.05. The average Bonchev–Trinajstić information content (AvgIpc) is 2.81. The molecule has 5 nitrogen and oxygen atoms in total. The molecule has 116 valence electrons. The Morgan fingerprint density at radius 2 is 2.00 bits per heavy atom. The molecule has 2 heterocycles. The smallest absolute Gasteiger partial charge is 0.255 e. The zero-order chi connectivity index (χ0) is 15.1. The lowest BCUT2D eigenvalue weighted by molar-refractivity contribution is 0.0731. The summed E-state index contributed by atoms with van der Waals surface area (Å²) < 4.78 is 0. The summed E-state index contributed by atoms with van der Waals surface area (Å²) in [6.07, 6.45) is 6.66. The van der Waals surface area contributed by atoms with Crippen LogP contribution in [0, 0.1) is 0 Å². The second-order valence-electron chi connectivity index (χ2n) is 5.41. The number of hydrogen-bond acceptors (Lipinski definition) is 4. The first-order chi connectivity index (χ1) is 10.3. The molecule has 1 N–H and O–H groups in total. The number of amides is 1. The van der Waals surface area contributed by atoms with Crippen molar-refractivity contribution < 1.29 is 9.90 Å². The minimum Gasteiger partial charge on any atom is -0.395 e. The maximum Gasteiger partial charge on any atom is 0.255 e. The fourth-order valence-corrected chi connectivity index (χ4v) is 2.71. The first-order valence-corrected chi connectivity index (χ1v) is 7.87.